The van der Waals surface area contributed by atoms with Crippen LogP contribution in [0.25, 0.3) is 17.4 Å². The molecule has 1 amide bonds. The molecule has 1 aromatic heterocycles. The largest absolute Gasteiger partial charge is 0.481 e. The monoisotopic (exact) mass is 481 g/mol. The predicted molar refractivity (Wildman–Crippen MR) is 118 cm³/mol. The van der Waals surface area contributed by atoms with Gasteiger partial charge in [-0.15, -0.1) is 0 Å². The number of hydrogen-bond acceptors (Lipinski definition) is 5. The third-order valence-corrected chi connectivity index (χ3v) is 6.96. The van der Waals surface area contributed by atoms with Gasteiger partial charge in [-0.25, -0.2) is 0 Å². The molecule has 32 heavy (non-hydrogen) atoms. The molecule has 2 aliphatic rings. The summed E-state index contributed by atoms with van der Waals surface area (Å²) in [5.74, 6) is -0.670. The maximum absolute atomic E-state index is 12.9. The van der Waals surface area contributed by atoms with Crippen molar-refractivity contribution < 1.29 is 32.3 Å². The van der Waals surface area contributed by atoms with Crippen molar-refractivity contribution in [1.82, 2.24) is 4.90 Å². The fraction of sp³-hybridized carbons (Fsp3) is 0.318. The second-order valence-corrected chi connectivity index (χ2v) is 9.35. The molecule has 1 saturated carbocycles. The van der Waals surface area contributed by atoms with Crippen molar-refractivity contribution in [2.24, 2.45) is 5.92 Å². The lowest BCUT2D eigenvalue weighted by atomic mass is 9.85. The number of carbonyl (C=O) groups is 2. The number of hydrogen-bond donors (Lipinski definition) is 1. The summed E-state index contributed by atoms with van der Waals surface area (Å²) in [5.41, 5.74) is -0.255. The van der Waals surface area contributed by atoms with Crippen LogP contribution in [0.2, 0.25) is 0 Å². The number of carboxylic acid groups (broad SMARTS) is 1. The number of furan rings is 1. The Hall–Kier alpha value is -2.59. The first-order chi connectivity index (χ1) is 15.1. The van der Waals surface area contributed by atoms with E-state index in [1.54, 1.807) is 23.1 Å². The first-order valence-corrected chi connectivity index (χ1v) is 11.1. The normalized spacial score (nSPS) is 23.2. The van der Waals surface area contributed by atoms with Gasteiger partial charge in [-0.3, -0.25) is 14.5 Å². The van der Waals surface area contributed by atoms with Gasteiger partial charge in [0.1, 0.15) is 15.8 Å². The zero-order valence-corrected chi connectivity index (χ0v) is 18.2. The highest BCUT2D eigenvalue weighted by molar-refractivity contribution is 8.26. The van der Waals surface area contributed by atoms with Crippen molar-refractivity contribution in [3.63, 3.8) is 0 Å². The first kappa shape index (κ1) is 22.6. The number of halogens is 3. The zero-order chi connectivity index (χ0) is 23.0. The Labute approximate surface area is 191 Å². The Morgan fingerprint density at radius 3 is 2.38 bits per heavy atom. The minimum Gasteiger partial charge on any atom is -0.481 e. The topological polar surface area (TPSA) is 70.8 Å². The summed E-state index contributed by atoms with van der Waals surface area (Å²) in [4.78, 5) is 26.0. The van der Waals surface area contributed by atoms with Crippen LogP contribution in [0, 0.1) is 5.92 Å². The molecule has 4 rings (SSSR count). The Kier molecular flexibility index (Phi) is 6.17. The van der Waals surface area contributed by atoms with Crippen molar-refractivity contribution in [3.05, 3.63) is 52.6 Å². The smallest absolute Gasteiger partial charge is 0.416 e. The van der Waals surface area contributed by atoms with Gasteiger partial charge in [0, 0.05) is 17.7 Å². The van der Waals surface area contributed by atoms with Crippen molar-refractivity contribution in [2.45, 2.75) is 37.9 Å². The van der Waals surface area contributed by atoms with Crippen LogP contribution in [0.3, 0.4) is 0 Å². The molecule has 1 aliphatic heterocycles. The maximum Gasteiger partial charge on any atom is 0.416 e. The molecule has 168 valence electrons. The highest BCUT2D eigenvalue weighted by Gasteiger charge is 2.39. The highest BCUT2D eigenvalue weighted by atomic mass is 32.2. The minimum absolute atomic E-state index is 0.122. The summed E-state index contributed by atoms with van der Waals surface area (Å²) in [6.45, 7) is 0. The fourth-order valence-electron chi connectivity index (χ4n) is 3.91. The Morgan fingerprint density at radius 1 is 1.12 bits per heavy atom. The van der Waals surface area contributed by atoms with E-state index < -0.39 is 17.7 Å². The lowest BCUT2D eigenvalue weighted by Gasteiger charge is -2.32. The molecule has 0 atom stereocenters. The quantitative estimate of drug-likeness (QED) is 0.439. The number of carboxylic acids is 1. The number of aliphatic carboxylic acids is 1. The van der Waals surface area contributed by atoms with E-state index in [-0.39, 0.29) is 17.9 Å². The van der Waals surface area contributed by atoms with Crippen LogP contribution < -0.4 is 0 Å². The summed E-state index contributed by atoms with van der Waals surface area (Å²) in [6, 6.07) is 7.78. The third-order valence-electron chi connectivity index (χ3n) is 5.63. The summed E-state index contributed by atoms with van der Waals surface area (Å²) in [7, 11) is 0. The highest BCUT2D eigenvalue weighted by Crippen LogP contribution is 2.39. The van der Waals surface area contributed by atoms with E-state index in [1.165, 1.54) is 12.1 Å². The van der Waals surface area contributed by atoms with Crippen molar-refractivity contribution in [3.8, 4) is 11.3 Å². The molecule has 0 radical (unpaired) electrons. The number of alkyl halides is 3. The molecule has 0 bridgehead atoms. The molecule has 1 saturated heterocycles. The number of thioether (sulfide) groups is 1. The summed E-state index contributed by atoms with van der Waals surface area (Å²) in [5, 5.41) is 9.15. The molecule has 10 heteroatoms. The third kappa shape index (κ3) is 4.61. The van der Waals surface area contributed by atoms with Crippen LogP contribution in [0.4, 0.5) is 13.2 Å². The van der Waals surface area contributed by atoms with E-state index in [4.69, 9.17) is 21.7 Å². The van der Waals surface area contributed by atoms with Crippen LogP contribution in [-0.4, -0.2) is 32.2 Å². The van der Waals surface area contributed by atoms with Gasteiger partial charge < -0.3 is 9.52 Å². The SMILES string of the molecule is O=C(O)C1CCC(N2C(=O)C(=Cc3ccc(-c4ccc(C(F)(F)F)cc4)o3)SC2=S)CC1. The van der Waals surface area contributed by atoms with Gasteiger partial charge in [-0.1, -0.05) is 36.1 Å². The molecule has 1 N–H and O–H groups in total. The number of nitrogens with zero attached hydrogens (tertiary/aromatic N) is 1. The van der Waals surface area contributed by atoms with Crippen LogP contribution in [-0.2, 0) is 15.8 Å². The molecular formula is C22H18F3NO4S2. The molecule has 0 unspecified atom stereocenters. The van der Waals surface area contributed by atoms with E-state index in [0.717, 1.165) is 23.9 Å². The predicted octanol–water partition coefficient (Wildman–Crippen LogP) is 5.81. The number of carbonyl (C=O) groups excluding carboxylic acids is 1. The first-order valence-electron chi connectivity index (χ1n) is 9.91. The fourth-order valence-corrected chi connectivity index (χ4v) is 5.29. The van der Waals surface area contributed by atoms with E-state index >= 15 is 0 Å². The molecule has 0 spiro atoms. The number of thiocarbonyl (C=S) groups is 1. The van der Waals surface area contributed by atoms with Gasteiger partial charge in [0.15, 0.2) is 0 Å². The second-order valence-electron chi connectivity index (χ2n) is 7.67. The van der Waals surface area contributed by atoms with Crippen molar-refractivity contribution in [2.75, 3.05) is 0 Å². The second kappa shape index (κ2) is 8.74. The molecule has 1 aliphatic carbocycles. The summed E-state index contributed by atoms with van der Waals surface area (Å²) in [6.07, 6.45) is -0.676. The molecule has 5 nitrogen and oxygen atoms in total. The van der Waals surface area contributed by atoms with Gasteiger partial charge >= 0.3 is 12.1 Å². The average molecular weight is 482 g/mol. The Morgan fingerprint density at radius 2 is 1.78 bits per heavy atom. The summed E-state index contributed by atoms with van der Waals surface area (Å²) >= 11 is 6.54. The molecule has 2 aromatic rings. The van der Waals surface area contributed by atoms with E-state index in [1.807, 2.05) is 0 Å². The zero-order valence-electron chi connectivity index (χ0n) is 16.6. The van der Waals surface area contributed by atoms with E-state index in [0.29, 0.717) is 52.0 Å². The standard InChI is InChI=1S/C22H18F3NO4S2/c23-22(24,25)14-5-1-12(2-6-14)17-10-9-16(30-17)11-18-19(27)26(21(31)32-18)15-7-3-13(4-8-15)20(28)29/h1-2,5-6,9-11,13,15H,3-4,7-8H2,(H,28,29). The van der Waals surface area contributed by atoms with Crippen LogP contribution in [0.5, 0.6) is 0 Å². The number of amides is 1. The van der Waals surface area contributed by atoms with Gasteiger partial charge in [-0.2, -0.15) is 13.2 Å². The van der Waals surface area contributed by atoms with Gasteiger partial charge in [0.25, 0.3) is 5.91 Å². The Balaban J connectivity index is 1.47. The lowest BCUT2D eigenvalue weighted by Crippen LogP contribution is -2.41. The number of rotatable bonds is 4. The van der Waals surface area contributed by atoms with Crippen molar-refractivity contribution in [1.29, 1.82) is 0 Å². The van der Waals surface area contributed by atoms with Crippen LogP contribution >= 0.6 is 24.0 Å². The molecule has 2 fully saturated rings. The van der Waals surface area contributed by atoms with Crippen LogP contribution in [0.15, 0.2) is 45.7 Å². The molecular weight excluding hydrogens is 463 g/mol. The average Bonchev–Trinajstić information content (AvgIpc) is 3.32. The summed E-state index contributed by atoms with van der Waals surface area (Å²) < 4.78 is 44.3. The van der Waals surface area contributed by atoms with E-state index in [2.05, 4.69) is 0 Å². The van der Waals surface area contributed by atoms with Crippen molar-refractivity contribution >= 4 is 46.3 Å². The van der Waals surface area contributed by atoms with E-state index in [9.17, 15) is 22.8 Å². The van der Waals surface area contributed by atoms with Gasteiger partial charge in [-0.05, 0) is 49.9 Å². The maximum atomic E-state index is 12.9. The van der Waals surface area contributed by atoms with Gasteiger partial charge in [0.2, 0.25) is 0 Å². The number of benzene rings is 1. The molecule has 1 aromatic carbocycles. The van der Waals surface area contributed by atoms with Gasteiger partial charge in [0.05, 0.1) is 16.4 Å². The van der Waals surface area contributed by atoms with Crippen LogP contribution in [0.1, 0.15) is 37.0 Å². The lowest BCUT2D eigenvalue weighted by molar-refractivity contribution is -0.143. The minimum atomic E-state index is -4.41. The Bertz CT molecular complexity index is 1080. The molecule has 2 heterocycles.